The lowest BCUT2D eigenvalue weighted by Gasteiger charge is -2.09. The Hall–Kier alpha value is -1.87. The van der Waals surface area contributed by atoms with Crippen LogP contribution in [0, 0.1) is 0 Å². The van der Waals surface area contributed by atoms with Crippen LogP contribution in [-0.4, -0.2) is 17.8 Å². The lowest BCUT2D eigenvalue weighted by Crippen LogP contribution is -2.41. The second kappa shape index (κ2) is 6.01. The zero-order chi connectivity index (χ0) is 11.9. The highest BCUT2D eigenvalue weighted by molar-refractivity contribution is 5.20. The molecular weight excluding hydrogens is 214 g/mol. The molecule has 88 valence electrons. The first-order chi connectivity index (χ1) is 8.34. The maximum atomic E-state index is 9.82. The third-order valence-electron chi connectivity index (χ3n) is 2.38. The second-order valence-corrected chi connectivity index (χ2v) is 3.85. The summed E-state index contributed by atoms with van der Waals surface area (Å²) in [7, 11) is 0. The second-order valence-electron chi connectivity index (χ2n) is 3.85. The molecule has 0 saturated heterocycles. The summed E-state index contributed by atoms with van der Waals surface area (Å²) in [6.45, 7) is 0.833. The lowest BCUT2D eigenvalue weighted by molar-refractivity contribution is -0.703. The largest absolute Gasteiger partial charge is 0.491 e. The zero-order valence-electron chi connectivity index (χ0n) is 9.57. The van der Waals surface area contributed by atoms with Gasteiger partial charge in [0.1, 0.15) is 18.5 Å². The van der Waals surface area contributed by atoms with Crippen molar-refractivity contribution in [3.05, 3.63) is 60.9 Å². The third kappa shape index (κ3) is 3.89. The van der Waals surface area contributed by atoms with Crippen molar-refractivity contribution in [3.8, 4) is 5.75 Å². The Morgan fingerprint density at radius 2 is 1.65 bits per heavy atom. The molecule has 0 fully saturated rings. The molecule has 0 bridgehead atoms. The lowest BCUT2D eigenvalue weighted by atomic mass is 10.3. The van der Waals surface area contributed by atoms with Crippen LogP contribution in [0.1, 0.15) is 0 Å². The van der Waals surface area contributed by atoms with Crippen molar-refractivity contribution in [1.82, 2.24) is 0 Å². The first kappa shape index (κ1) is 11.6. The van der Waals surface area contributed by atoms with Crippen molar-refractivity contribution in [2.75, 3.05) is 6.61 Å². The van der Waals surface area contributed by atoms with Crippen molar-refractivity contribution in [2.45, 2.75) is 12.6 Å². The van der Waals surface area contributed by atoms with E-state index in [-0.39, 0.29) is 0 Å². The summed E-state index contributed by atoms with van der Waals surface area (Å²) in [6, 6.07) is 15.3. The first-order valence-corrected chi connectivity index (χ1v) is 5.64. The number of benzene rings is 1. The van der Waals surface area contributed by atoms with Crippen LogP contribution >= 0.6 is 0 Å². The molecule has 1 aromatic carbocycles. The molecule has 3 heteroatoms. The van der Waals surface area contributed by atoms with E-state index in [0.717, 1.165) is 5.75 Å². The summed E-state index contributed by atoms with van der Waals surface area (Å²) in [5.41, 5.74) is 0. The number of para-hydroxylation sites is 1. The van der Waals surface area contributed by atoms with Gasteiger partial charge in [-0.3, -0.25) is 0 Å². The third-order valence-corrected chi connectivity index (χ3v) is 2.38. The molecule has 2 rings (SSSR count). The smallest absolute Gasteiger partial charge is 0.177 e. The minimum atomic E-state index is -0.511. The van der Waals surface area contributed by atoms with Gasteiger partial charge in [0, 0.05) is 12.1 Å². The summed E-state index contributed by atoms with van der Waals surface area (Å²) in [5.74, 6) is 0.782. The highest BCUT2D eigenvalue weighted by Gasteiger charge is 2.10. The zero-order valence-corrected chi connectivity index (χ0v) is 9.57. The van der Waals surface area contributed by atoms with Gasteiger partial charge in [-0.1, -0.05) is 24.3 Å². The topological polar surface area (TPSA) is 33.3 Å². The molecule has 1 atom stereocenters. The summed E-state index contributed by atoms with van der Waals surface area (Å²) < 4.78 is 7.41. The van der Waals surface area contributed by atoms with Gasteiger partial charge >= 0.3 is 0 Å². The Bertz CT molecular complexity index is 430. The van der Waals surface area contributed by atoms with E-state index >= 15 is 0 Å². The van der Waals surface area contributed by atoms with Gasteiger partial charge in [0.15, 0.2) is 18.9 Å². The van der Waals surface area contributed by atoms with Crippen molar-refractivity contribution < 1.29 is 14.4 Å². The summed E-state index contributed by atoms with van der Waals surface area (Å²) >= 11 is 0. The monoisotopic (exact) mass is 230 g/mol. The maximum Gasteiger partial charge on any atom is 0.177 e. The van der Waals surface area contributed by atoms with Crippen molar-refractivity contribution >= 4 is 0 Å². The highest BCUT2D eigenvalue weighted by Crippen LogP contribution is 2.08. The van der Waals surface area contributed by atoms with Crippen molar-refractivity contribution in [1.29, 1.82) is 0 Å². The number of nitrogens with zero attached hydrogens (tertiary/aromatic N) is 1. The van der Waals surface area contributed by atoms with Gasteiger partial charge in [-0.25, -0.2) is 4.57 Å². The first-order valence-electron chi connectivity index (χ1n) is 5.64. The van der Waals surface area contributed by atoms with Gasteiger partial charge in [0.2, 0.25) is 0 Å². The van der Waals surface area contributed by atoms with Gasteiger partial charge in [0.25, 0.3) is 0 Å². The molecule has 1 N–H and O–H groups in total. The fourth-order valence-electron chi connectivity index (χ4n) is 1.56. The Morgan fingerprint density at radius 3 is 2.35 bits per heavy atom. The van der Waals surface area contributed by atoms with Crippen LogP contribution in [0.15, 0.2) is 60.9 Å². The van der Waals surface area contributed by atoms with E-state index in [1.807, 2.05) is 65.5 Å². The van der Waals surface area contributed by atoms with E-state index < -0.39 is 6.10 Å². The number of pyridine rings is 1. The molecule has 1 aromatic heterocycles. The van der Waals surface area contributed by atoms with E-state index in [0.29, 0.717) is 13.2 Å². The van der Waals surface area contributed by atoms with Gasteiger partial charge in [-0.05, 0) is 12.1 Å². The van der Waals surface area contributed by atoms with Gasteiger partial charge < -0.3 is 9.84 Å². The summed E-state index contributed by atoms with van der Waals surface area (Å²) in [6.07, 6.45) is 3.33. The van der Waals surface area contributed by atoms with Crippen molar-refractivity contribution in [3.63, 3.8) is 0 Å². The molecule has 0 spiro atoms. The average molecular weight is 230 g/mol. The predicted octanol–water partition coefficient (Wildman–Crippen LogP) is 1.41. The van der Waals surface area contributed by atoms with E-state index in [1.165, 1.54) is 0 Å². The fourth-order valence-corrected chi connectivity index (χ4v) is 1.56. The number of aliphatic hydroxyl groups is 1. The highest BCUT2D eigenvalue weighted by atomic mass is 16.5. The number of rotatable bonds is 5. The number of hydrogen-bond donors (Lipinski definition) is 1. The molecule has 1 heterocycles. The van der Waals surface area contributed by atoms with Crippen molar-refractivity contribution in [2.24, 2.45) is 0 Å². The number of aromatic nitrogens is 1. The number of ether oxygens (including phenoxy) is 1. The van der Waals surface area contributed by atoms with Crippen LogP contribution in [0.25, 0.3) is 0 Å². The van der Waals surface area contributed by atoms with Crippen LogP contribution in [0.5, 0.6) is 5.75 Å². The molecular formula is C14H16NO2+. The van der Waals surface area contributed by atoms with Crippen LogP contribution < -0.4 is 9.30 Å². The predicted molar refractivity (Wildman–Crippen MR) is 64.6 cm³/mol. The molecule has 0 amide bonds. The number of aliphatic hydroxyl groups excluding tert-OH is 1. The van der Waals surface area contributed by atoms with Gasteiger partial charge in [-0.15, -0.1) is 0 Å². The molecule has 3 nitrogen and oxygen atoms in total. The normalized spacial score (nSPS) is 12.1. The fraction of sp³-hybridized carbons (Fsp3) is 0.214. The number of hydrogen-bond acceptors (Lipinski definition) is 2. The van der Waals surface area contributed by atoms with Crippen LogP contribution in [0.3, 0.4) is 0 Å². The molecule has 0 aliphatic carbocycles. The van der Waals surface area contributed by atoms with Crippen LogP contribution in [-0.2, 0) is 6.54 Å². The SMILES string of the molecule is OC(COc1ccccc1)C[n+]1ccccc1. The standard InChI is InChI=1S/C14H16NO2/c16-13(11-15-9-5-2-6-10-15)12-17-14-7-3-1-4-8-14/h1-10,13,16H,11-12H2/q+1. The summed E-state index contributed by atoms with van der Waals surface area (Å²) in [5, 5.41) is 9.82. The quantitative estimate of drug-likeness (QED) is 0.788. The van der Waals surface area contributed by atoms with Crippen LogP contribution in [0.4, 0.5) is 0 Å². The van der Waals surface area contributed by atoms with Crippen LogP contribution in [0.2, 0.25) is 0 Å². The van der Waals surface area contributed by atoms with Gasteiger partial charge in [0.05, 0.1) is 0 Å². The van der Waals surface area contributed by atoms with E-state index in [4.69, 9.17) is 4.74 Å². The molecule has 0 aliphatic heterocycles. The molecule has 2 aromatic rings. The van der Waals surface area contributed by atoms with E-state index in [9.17, 15) is 5.11 Å². The molecule has 0 radical (unpaired) electrons. The minimum Gasteiger partial charge on any atom is -0.491 e. The molecule has 0 saturated carbocycles. The maximum absolute atomic E-state index is 9.82. The Balaban J connectivity index is 1.80. The minimum absolute atomic E-state index is 0.298. The molecule has 17 heavy (non-hydrogen) atoms. The molecule has 1 unspecified atom stereocenters. The Kier molecular flexibility index (Phi) is 4.11. The summed E-state index contributed by atoms with van der Waals surface area (Å²) in [4.78, 5) is 0. The molecule has 0 aliphatic rings. The van der Waals surface area contributed by atoms with E-state index in [1.54, 1.807) is 0 Å². The Labute approximate surface area is 101 Å². The van der Waals surface area contributed by atoms with E-state index in [2.05, 4.69) is 0 Å². The Morgan fingerprint density at radius 1 is 1.00 bits per heavy atom. The van der Waals surface area contributed by atoms with Gasteiger partial charge in [-0.2, -0.15) is 0 Å². The average Bonchev–Trinajstić information content (AvgIpc) is 2.39.